The summed E-state index contributed by atoms with van der Waals surface area (Å²) in [6.07, 6.45) is 6.57. The van der Waals surface area contributed by atoms with E-state index in [2.05, 4.69) is 45.6 Å². The molecule has 0 radical (unpaired) electrons. The number of benzene rings is 1. The number of pyridine rings is 1. The number of hydrogen-bond donors (Lipinski definition) is 2. The van der Waals surface area contributed by atoms with Crippen molar-refractivity contribution in [3.05, 3.63) is 53.9 Å². The molecule has 5 rings (SSSR count). The molecule has 1 aliphatic carbocycles. The highest BCUT2D eigenvalue weighted by molar-refractivity contribution is 5.81. The summed E-state index contributed by atoms with van der Waals surface area (Å²) in [5.74, 6) is 0. The SMILES string of the molecule is c1cc2cc(-c3ccc4c(c3)C3(CC3)CNC4)cnc2[nH]1. The third kappa shape index (κ3) is 1.67. The maximum Gasteiger partial charge on any atom is 0.137 e. The van der Waals surface area contributed by atoms with Gasteiger partial charge >= 0.3 is 0 Å². The van der Waals surface area contributed by atoms with Crippen molar-refractivity contribution in [2.24, 2.45) is 0 Å². The van der Waals surface area contributed by atoms with Gasteiger partial charge in [0.25, 0.3) is 0 Å². The van der Waals surface area contributed by atoms with Gasteiger partial charge in [-0.05, 0) is 41.7 Å². The lowest BCUT2D eigenvalue weighted by atomic mass is 9.86. The Hall–Kier alpha value is -2.13. The zero-order valence-corrected chi connectivity index (χ0v) is 11.8. The number of H-pyrrole nitrogens is 1. The molecule has 1 aromatic carbocycles. The zero-order chi connectivity index (χ0) is 13.9. The Morgan fingerprint density at radius 2 is 2.00 bits per heavy atom. The second kappa shape index (κ2) is 3.95. The van der Waals surface area contributed by atoms with Crippen LogP contribution < -0.4 is 5.32 Å². The molecule has 2 aromatic heterocycles. The standard InChI is InChI=1S/C18H17N3/c1-2-14-9-19-11-18(4-5-18)16(14)8-12(1)15-7-13-3-6-20-17(13)21-10-15/h1-3,6-8,10,19H,4-5,9,11H2,(H,20,21). The van der Waals surface area contributed by atoms with Gasteiger partial charge in [0.1, 0.15) is 5.65 Å². The summed E-state index contributed by atoms with van der Waals surface area (Å²) >= 11 is 0. The van der Waals surface area contributed by atoms with Crippen molar-refractivity contribution in [1.29, 1.82) is 0 Å². The molecule has 3 nitrogen and oxygen atoms in total. The lowest BCUT2D eigenvalue weighted by Gasteiger charge is -2.27. The van der Waals surface area contributed by atoms with Crippen LogP contribution in [0.4, 0.5) is 0 Å². The predicted molar refractivity (Wildman–Crippen MR) is 84.1 cm³/mol. The molecular weight excluding hydrogens is 258 g/mol. The van der Waals surface area contributed by atoms with Gasteiger partial charge in [-0.25, -0.2) is 4.98 Å². The number of fused-ring (bicyclic) bond motifs is 3. The van der Waals surface area contributed by atoms with Gasteiger partial charge in [-0.1, -0.05) is 18.2 Å². The van der Waals surface area contributed by atoms with Crippen LogP contribution in [0.1, 0.15) is 24.0 Å². The van der Waals surface area contributed by atoms with Crippen LogP contribution in [0.15, 0.2) is 42.7 Å². The highest BCUT2D eigenvalue weighted by atomic mass is 14.9. The topological polar surface area (TPSA) is 40.7 Å². The fourth-order valence-corrected chi connectivity index (χ4v) is 3.63. The molecule has 1 spiro atoms. The van der Waals surface area contributed by atoms with Crippen molar-refractivity contribution in [3.63, 3.8) is 0 Å². The molecule has 1 fully saturated rings. The minimum atomic E-state index is 0.426. The third-order valence-electron chi connectivity index (χ3n) is 5.05. The van der Waals surface area contributed by atoms with E-state index in [9.17, 15) is 0 Å². The van der Waals surface area contributed by atoms with Crippen LogP contribution in [0, 0.1) is 0 Å². The number of nitrogens with zero attached hydrogens (tertiary/aromatic N) is 1. The van der Waals surface area contributed by atoms with Gasteiger partial charge in [0.2, 0.25) is 0 Å². The molecule has 0 amide bonds. The monoisotopic (exact) mass is 275 g/mol. The largest absolute Gasteiger partial charge is 0.346 e. The molecule has 1 saturated carbocycles. The van der Waals surface area contributed by atoms with Crippen LogP contribution >= 0.6 is 0 Å². The van der Waals surface area contributed by atoms with Crippen LogP contribution in [0.2, 0.25) is 0 Å². The van der Waals surface area contributed by atoms with Crippen molar-refractivity contribution in [3.8, 4) is 11.1 Å². The fourth-order valence-electron chi connectivity index (χ4n) is 3.63. The fraction of sp³-hybridized carbons (Fsp3) is 0.278. The highest BCUT2D eigenvalue weighted by Crippen LogP contribution is 2.51. The minimum absolute atomic E-state index is 0.426. The minimum Gasteiger partial charge on any atom is -0.346 e. The molecule has 0 bridgehead atoms. The normalized spacial score (nSPS) is 18.9. The van der Waals surface area contributed by atoms with Crippen LogP contribution in [0.3, 0.4) is 0 Å². The summed E-state index contributed by atoms with van der Waals surface area (Å²) in [6.45, 7) is 2.14. The van der Waals surface area contributed by atoms with Crippen LogP contribution in [0.5, 0.6) is 0 Å². The van der Waals surface area contributed by atoms with E-state index < -0.39 is 0 Å². The Labute approximate surface area is 123 Å². The summed E-state index contributed by atoms with van der Waals surface area (Å²) in [5.41, 5.74) is 6.91. The molecule has 3 aromatic rings. The van der Waals surface area contributed by atoms with Gasteiger partial charge in [0, 0.05) is 41.8 Å². The summed E-state index contributed by atoms with van der Waals surface area (Å²) in [5, 5.41) is 4.73. The highest BCUT2D eigenvalue weighted by Gasteiger charge is 2.46. The van der Waals surface area contributed by atoms with Gasteiger partial charge in [0.05, 0.1) is 0 Å². The van der Waals surface area contributed by atoms with Crippen molar-refractivity contribution in [1.82, 2.24) is 15.3 Å². The number of hydrogen-bond acceptors (Lipinski definition) is 2. The molecular formula is C18H17N3. The Morgan fingerprint density at radius 3 is 2.90 bits per heavy atom. The zero-order valence-electron chi connectivity index (χ0n) is 11.8. The van der Waals surface area contributed by atoms with Crippen LogP contribution in [-0.4, -0.2) is 16.5 Å². The van der Waals surface area contributed by atoms with Crippen molar-refractivity contribution in [2.45, 2.75) is 24.8 Å². The maximum atomic E-state index is 4.51. The van der Waals surface area contributed by atoms with E-state index in [4.69, 9.17) is 0 Å². The first kappa shape index (κ1) is 11.5. The number of rotatable bonds is 1. The molecule has 3 heteroatoms. The maximum absolute atomic E-state index is 4.51. The Kier molecular flexibility index (Phi) is 2.17. The number of aromatic amines is 1. The average molecular weight is 275 g/mol. The average Bonchev–Trinajstić information content (AvgIpc) is 3.13. The predicted octanol–water partition coefficient (Wildman–Crippen LogP) is 3.36. The van der Waals surface area contributed by atoms with E-state index in [0.29, 0.717) is 5.41 Å². The van der Waals surface area contributed by atoms with E-state index >= 15 is 0 Å². The molecule has 0 unspecified atom stereocenters. The van der Waals surface area contributed by atoms with Crippen LogP contribution in [0.25, 0.3) is 22.2 Å². The number of nitrogens with one attached hydrogen (secondary N) is 2. The third-order valence-corrected chi connectivity index (χ3v) is 5.05. The van der Waals surface area contributed by atoms with Gasteiger partial charge in [0.15, 0.2) is 0 Å². The summed E-state index contributed by atoms with van der Waals surface area (Å²) in [7, 11) is 0. The first-order valence-electron chi connectivity index (χ1n) is 7.62. The molecule has 2 aliphatic rings. The molecule has 3 heterocycles. The first-order valence-corrected chi connectivity index (χ1v) is 7.62. The van der Waals surface area contributed by atoms with E-state index in [1.807, 2.05) is 12.4 Å². The summed E-state index contributed by atoms with van der Waals surface area (Å²) in [6, 6.07) is 11.2. The van der Waals surface area contributed by atoms with E-state index in [-0.39, 0.29) is 0 Å². The lowest BCUT2D eigenvalue weighted by Crippen LogP contribution is -2.33. The lowest BCUT2D eigenvalue weighted by molar-refractivity contribution is 0.531. The first-order chi connectivity index (χ1) is 10.3. The van der Waals surface area contributed by atoms with Crippen molar-refractivity contribution >= 4 is 11.0 Å². The van der Waals surface area contributed by atoms with Gasteiger partial charge in [-0.2, -0.15) is 0 Å². The Balaban J connectivity index is 1.66. The number of aromatic nitrogens is 2. The van der Waals surface area contributed by atoms with Gasteiger partial charge in [-0.3, -0.25) is 0 Å². The Morgan fingerprint density at radius 1 is 1.05 bits per heavy atom. The molecule has 2 N–H and O–H groups in total. The van der Waals surface area contributed by atoms with Gasteiger partial charge < -0.3 is 10.3 Å². The Bertz CT molecular complexity index is 843. The second-order valence-corrected chi connectivity index (χ2v) is 6.40. The van der Waals surface area contributed by atoms with Crippen LogP contribution in [-0.2, 0) is 12.0 Å². The van der Waals surface area contributed by atoms with Crippen molar-refractivity contribution in [2.75, 3.05) is 6.54 Å². The molecule has 0 atom stereocenters. The molecule has 0 saturated heterocycles. The van der Waals surface area contributed by atoms with Gasteiger partial charge in [-0.15, -0.1) is 0 Å². The molecule has 104 valence electrons. The quantitative estimate of drug-likeness (QED) is 0.715. The molecule has 1 aliphatic heterocycles. The van der Waals surface area contributed by atoms with E-state index in [1.54, 1.807) is 5.56 Å². The summed E-state index contributed by atoms with van der Waals surface area (Å²) < 4.78 is 0. The smallest absolute Gasteiger partial charge is 0.137 e. The second-order valence-electron chi connectivity index (χ2n) is 6.40. The summed E-state index contributed by atoms with van der Waals surface area (Å²) in [4.78, 5) is 7.67. The van der Waals surface area contributed by atoms with E-state index in [0.717, 1.165) is 18.7 Å². The molecule has 21 heavy (non-hydrogen) atoms. The van der Waals surface area contributed by atoms with Crippen molar-refractivity contribution < 1.29 is 0 Å². The van der Waals surface area contributed by atoms with E-state index in [1.165, 1.54) is 34.9 Å².